The fourth-order valence-corrected chi connectivity index (χ4v) is 1.54. The van der Waals surface area contributed by atoms with Gasteiger partial charge >= 0.3 is 0 Å². The van der Waals surface area contributed by atoms with Crippen molar-refractivity contribution >= 4 is 0 Å². The molecule has 76 valence electrons. The van der Waals surface area contributed by atoms with E-state index in [0.29, 0.717) is 0 Å². The van der Waals surface area contributed by atoms with Crippen LogP contribution in [-0.4, -0.2) is 11.6 Å². The molecule has 1 aromatic rings. The highest BCUT2D eigenvalue weighted by atomic mass is 16.5. The molecule has 1 fully saturated rings. The zero-order valence-corrected chi connectivity index (χ0v) is 8.92. The number of aromatic nitrogens is 1. The molecule has 1 saturated carbocycles. The highest BCUT2D eigenvalue weighted by Crippen LogP contribution is 2.26. The lowest BCUT2D eigenvalue weighted by Crippen LogP contribution is -2.19. The Morgan fingerprint density at radius 3 is 2.71 bits per heavy atom. The quantitative estimate of drug-likeness (QED) is 0.733. The first-order valence-corrected chi connectivity index (χ1v) is 5.32. The summed E-state index contributed by atoms with van der Waals surface area (Å²) in [5.74, 6) is 1.55. The van der Waals surface area contributed by atoms with Gasteiger partial charge in [0, 0.05) is 12.3 Å². The van der Waals surface area contributed by atoms with Crippen molar-refractivity contribution in [1.29, 1.82) is 0 Å². The van der Waals surface area contributed by atoms with E-state index in [2.05, 4.69) is 18.8 Å². The summed E-state index contributed by atoms with van der Waals surface area (Å²) in [6.07, 6.45) is 5.90. The summed E-state index contributed by atoms with van der Waals surface area (Å²) in [5.41, 5.74) is 2.48. The van der Waals surface area contributed by atoms with Crippen LogP contribution < -0.4 is 4.74 Å². The molecule has 2 nitrogen and oxygen atoms in total. The minimum absolute atomic E-state index is 0.776. The van der Waals surface area contributed by atoms with Gasteiger partial charge in [-0.05, 0) is 43.7 Å². The van der Waals surface area contributed by atoms with Gasteiger partial charge in [-0.3, -0.25) is 0 Å². The molecule has 1 aliphatic carbocycles. The molecule has 14 heavy (non-hydrogen) atoms. The molecular weight excluding hydrogens is 174 g/mol. The van der Waals surface area contributed by atoms with Gasteiger partial charge in [0.05, 0.1) is 6.61 Å². The summed E-state index contributed by atoms with van der Waals surface area (Å²) < 4.78 is 5.63. The standard InChI is InChI=1S/C12H17NO/c1-9-6-12(13-7-10(9)2)14-8-11-4-3-5-11/h6-7,11H,3-5,8H2,1-2H3. The van der Waals surface area contributed by atoms with Gasteiger partial charge in [0.15, 0.2) is 0 Å². The molecule has 0 saturated heterocycles. The molecule has 2 rings (SSSR count). The number of rotatable bonds is 3. The van der Waals surface area contributed by atoms with Crippen LogP contribution in [0.2, 0.25) is 0 Å². The predicted octanol–water partition coefficient (Wildman–Crippen LogP) is 2.88. The summed E-state index contributed by atoms with van der Waals surface area (Å²) in [6, 6.07) is 2.02. The first-order valence-electron chi connectivity index (χ1n) is 5.32. The first kappa shape index (κ1) is 9.50. The maximum Gasteiger partial charge on any atom is 0.213 e. The maximum atomic E-state index is 5.63. The number of nitrogens with zero attached hydrogens (tertiary/aromatic N) is 1. The van der Waals surface area contributed by atoms with E-state index < -0.39 is 0 Å². The second-order valence-corrected chi connectivity index (χ2v) is 4.21. The molecule has 0 radical (unpaired) electrons. The summed E-state index contributed by atoms with van der Waals surface area (Å²) in [7, 11) is 0. The highest BCUT2D eigenvalue weighted by Gasteiger charge is 2.18. The van der Waals surface area contributed by atoms with Gasteiger partial charge in [0.25, 0.3) is 0 Å². The molecule has 0 aliphatic heterocycles. The SMILES string of the molecule is Cc1cnc(OCC2CCC2)cc1C. The van der Waals surface area contributed by atoms with Crippen molar-refractivity contribution in [1.82, 2.24) is 4.98 Å². The zero-order chi connectivity index (χ0) is 9.97. The van der Waals surface area contributed by atoms with Crippen LogP contribution in [0.1, 0.15) is 30.4 Å². The summed E-state index contributed by atoms with van der Waals surface area (Å²) in [5, 5.41) is 0. The van der Waals surface area contributed by atoms with Crippen molar-refractivity contribution in [2.75, 3.05) is 6.61 Å². The molecule has 0 atom stereocenters. The van der Waals surface area contributed by atoms with Crippen LogP contribution in [-0.2, 0) is 0 Å². The van der Waals surface area contributed by atoms with Crippen molar-refractivity contribution < 1.29 is 4.74 Å². The molecule has 0 spiro atoms. The predicted molar refractivity (Wildman–Crippen MR) is 56.5 cm³/mol. The Labute approximate surface area is 85.3 Å². The molecular formula is C12H17NO. The lowest BCUT2D eigenvalue weighted by molar-refractivity contribution is 0.175. The molecule has 1 aliphatic rings. The first-order chi connectivity index (χ1) is 6.75. The van der Waals surface area contributed by atoms with Crippen LogP contribution in [0.25, 0.3) is 0 Å². The van der Waals surface area contributed by atoms with Crippen molar-refractivity contribution in [3.8, 4) is 5.88 Å². The molecule has 1 heterocycles. The smallest absolute Gasteiger partial charge is 0.213 e. The van der Waals surface area contributed by atoms with Crippen molar-refractivity contribution in [3.05, 3.63) is 23.4 Å². The third-order valence-corrected chi connectivity index (χ3v) is 3.04. The third-order valence-electron chi connectivity index (χ3n) is 3.04. The Balaban J connectivity index is 1.91. The van der Waals surface area contributed by atoms with E-state index in [-0.39, 0.29) is 0 Å². The Kier molecular flexibility index (Phi) is 2.71. The fraction of sp³-hybridized carbons (Fsp3) is 0.583. The van der Waals surface area contributed by atoms with Crippen LogP contribution in [0, 0.1) is 19.8 Å². The number of hydrogen-bond donors (Lipinski definition) is 0. The van der Waals surface area contributed by atoms with E-state index in [1.54, 1.807) is 0 Å². The van der Waals surface area contributed by atoms with Gasteiger partial charge in [-0.25, -0.2) is 4.98 Å². The Morgan fingerprint density at radius 2 is 2.14 bits per heavy atom. The summed E-state index contributed by atoms with van der Waals surface area (Å²) in [4.78, 5) is 4.25. The van der Waals surface area contributed by atoms with E-state index >= 15 is 0 Å². The Hall–Kier alpha value is -1.05. The van der Waals surface area contributed by atoms with Crippen LogP contribution in [0.3, 0.4) is 0 Å². The number of hydrogen-bond acceptors (Lipinski definition) is 2. The van der Waals surface area contributed by atoms with Crippen molar-refractivity contribution in [2.24, 2.45) is 5.92 Å². The lowest BCUT2D eigenvalue weighted by atomic mass is 9.86. The van der Waals surface area contributed by atoms with Crippen LogP contribution in [0.5, 0.6) is 5.88 Å². The van der Waals surface area contributed by atoms with Gasteiger partial charge in [-0.2, -0.15) is 0 Å². The average molecular weight is 191 g/mol. The Bertz CT molecular complexity index is 318. The van der Waals surface area contributed by atoms with Gasteiger partial charge < -0.3 is 4.74 Å². The summed E-state index contributed by atoms with van der Waals surface area (Å²) >= 11 is 0. The number of ether oxygens (including phenoxy) is 1. The highest BCUT2D eigenvalue weighted by molar-refractivity contribution is 5.26. The van der Waals surface area contributed by atoms with Gasteiger partial charge in [0.1, 0.15) is 0 Å². The molecule has 0 aromatic carbocycles. The molecule has 1 aromatic heterocycles. The van der Waals surface area contributed by atoms with E-state index in [4.69, 9.17) is 4.74 Å². The van der Waals surface area contributed by atoms with Crippen molar-refractivity contribution in [2.45, 2.75) is 33.1 Å². The second kappa shape index (κ2) is 3.99. The second-order valence-electron chi connectivity index (χ2n) is 4.21. The van der Waals surface area contributed by atoms with Gasteiger partial charge in [-0.15, -0.1) is 0 Å². The van der Waals surface area contributed by atoms with Gasteiger partial charge in [0.2, 0.25) is 5.88 Å². The molecule has 2 heteroatoms. The maximum absolute atomic E-state index is 5.63. The Morgan fingerprint density at radius 1 is 1.36 bits per heavy atom. The van der Waals surface area contributed by atoms with E-state index in [1.807, 2.05) is 12.3 Å². The molecule has 0 amide bonds. The van der Waals surface area contributed by atoms with E-state index in [9.17, 15) is 0 Å². The van der Waals surface area contributed by atoms with E-state index in [1.165, 1.54) is 30.4 Å². The lowest BCUT2D eigenvalue weighted by Gasteiger charge is -2.24. The fourth-order valence-electron chi connectivity index (χ4n) is 1.54. The van der Waals surface area contributed by atoms with Gasteiger partial charge in [-0.1, -0.05) is 6.42 Å². The number of pyridine rings is 1. The molecule has 0 N–H and O–H groups in total. The topological polar surface area (TPSA) is 22.1 Å². The monoisotopic (exact) mass is 191 g/mol. The average Bonchev–Trinajstić information content (AvgIpc) is 2.08. The minimum Gasteiger partial charge on any atom is -0.477 e. The normalized spacial score (nSPS) is 16.4. The van der Waals surface area contributed by atoms with Crippen LogP contribution in [0.4, 0.5) is 0 Å². The summed E-state index contributed by atoms with van der Waals surface area (Å²) in [6.45, 7) is 5.00. The molecule has 0 unspecified atom stereocenters. The number of aryl methyl sites for hydroxylation is 2. The minimum atomic E-state index is 0.776. The molecule has 0 bridgehead atoms. The zero-order valence-electron chi connectivity index (χ0n) is 8.92. The third kappa shape index (κ3) is 2.06. The van der Waals surface area contributed by atoms with Crippen LogP contribution >= 0.6 is 0 Å². The van der Waals surface area contributed by atoms with Crippen molar-refractivity contribution in [3.63, 3.8) is 0 Å². The largest absolute Gasteiger partial charge is 0.477 e. The van der Waals surface area contributed by atoms with E-state index in [0.717, 1.165) is 18.4 Å². The van der Waals surface area contributed by atoms with Crippen LogP contribution in [0.15, 0.2) is 12.3 Å².